The first-order chi connectivity index (χ1) is 19.9. The number of fused-ring (bicyclic) bond motifs is 1. The number of aromatic nitrogens is 4. The summed E-state index contributed by atoms with van der Waals surface area (Å²) in [7, 11) is 0. The van der Waals surface area contributed by atoms with Gasteiger partial charge in [-0.05, 0) is 56.7 Å². The minimum Gasteiger partial charge on any atom is -0.491 e. The van der Waals surface area contributed by atoms with Crippen LogP contribution >= 0.6 is 0 Å². The molecule has 4 heterocycles. The average molecular weight is 566 g/mol. The predicted molar refractivity (Wildman–Crippen MR) is 154 cm³/mol. The fourth-order valence-electron chi connectivity index (χ4n) is 4.62. The Morgan fingerprint density at radius 3 is 2.95 bits per heavy atom. The van der Waals surface area contributed by atoms with Gasteiger partial charge in [-0.25, -0.2) is 24.1 Å². The Kier molecular flexibility index (Phi) is 10.7. The Morgan fingerprint density at radius 2 is 2.15 bits per heavy atom. The lowest BCUT2D eigenvalue weighted by molar-refractivity contribution is -0.138. The van der Waals surface area contributed by atoms with Crippen molar-refractivity contribution in [2.24, 2.45) is 0 Å². The Balaban J connectivity index is 1.33. The second kappa shape index (κ2) is 14.8. The van der Waals surface area contributed by atoms with Gasteiger partial charge in [0.1, 0.15) is 47.7 Å². The van der Waals surface area contributed by atoms with Crippen LogP contribution in [0.15, 0.2) is 36.9 Å². The summed E-state index contributed by atoms with van der Waals surface area (Å²) in [4.78, 5) is 30.7. The number of carboxylic acid groups (broad SMARTS) is 1. The van der Waals surface area contributed by atoms with Crippen molar-refractivity contribution in [2.45, 2.75) is 44.6 Å². The van der Waals surface area contributed by atoms with Crippen molar-refractivity contribution in [1.29, 1.82) is 5.41 Å². The van der Waals surface area contributed by atoms with E-state index >= 15 is 0 Å². The molecule has 1 aliphatic rings. The van der Waals surface area contributed by atoms with Crippen LogP contribution in [0.1, 0.15) is 42.6 Å². The molecule has 6 N–H and O–H groups in total. The Bertz CT molecular complexity index is 1330. The number of pyridine rings is 2. The first-order valence-electron chi connectivity index (χ1n) is 13.7. The molecule has 0 amide bonds. The van der Waals surface area contributed by atoms with Crippen LogP contribution in [0.4, 0.5) is 21.7 Å². The van der Waals surface area contributed by atoms with Gasteiger partial charge in [0.2, 0.25) is 0 Å². The maximum Gasteiger partial charge on any atom is 0.326 e. The summed E-state index contributed by atoms with van der Waals surface area (Å²) in [5, 5.41) is 23.5. The maximum atomic E-state index is 13.5. The van der Waals surface area contributed by atoms with Gasteiger partial charge in [0.15, 0.2) is 5.82 Å². The molecule has 4 rings (SSSR count). The van der Waals surface area contributed by atoms with Crippen molar-refractivity contribution in [3.8, 4) is 5.75 Å². The van der Waals surface area contributed by atoms with E-state index in [-0.39, 0.29) is 30.2 Å². The van der Waals surface area contributed by atoms with E-state index in [9.17, 15) is 14.3 Å². The third-order valence-electron chi connectivity index (χ3n) is 6.86. The largest absolute Gasteiger partial charge is 0.491 e. The molecular weight excluding hydrogens is 529 g/mol. The fourth-order valence-corrected chi connectivity index (χ4v) is 4.62. The van der Waals surface area contributed by atoms with E-state index in [1.165, 1.54) is 24.2 Å². The summed E-state index contributed by atoms with van der Waals surface area (Å²) < 4.78 is 19.2. The maximum absolute atomic E-state index is 13.5. The number of anilines is 3. The zero-order chi connectivity index (χ0) is 29.0. The monoisotopic (exact) mass is 565 g/mol. The third-order valence-corrected chi connectivity index (χ3v) is 6.86. The topological polar surface area (TPSA) is 175 Å². The molecule has 3 aromatic rings. The Labute approximate surface area is 238 Å². The molecule has 1 atom stereocenters. The van der Waals surface area contributed by atoms with Crippen molar-refractivity contribution < 1.29 is 19.0 Å². The minimum absolute atomic E-state index is 0.119. The molecule has 3 aromatic heterocycles. The van der Waals surface area contributed by atoms with Crippen LogP contribution in [0, 0.1) is 11.2 Å². The highest BCUT2D eigenvalue weighted by molar-refractivity contribution is 5.87. The third kappa shape index (κ3) is 8.80. The van der Waals surface area contributed by atoms with Crippen molar-refractivity contribution >= 4 is 29.5 Å². The molecule has 0 aromatic carbocycles. The van der Waals surface area contributed by atoms with Gasteiger partial charge in [-0.3, -0.25) is 9.88 Å². The number of aliphatic carboxylic acids is 1. The Hall–Kier alpha value is -4.39. The molecule has 0 fully saturated rings. The molecule has 0 aliphatic carbocycles. The SMILES string of the molecule is N=Cc1ncnc(N[C@@H](CCN(CCCCc2ccc3c(n2)NCCC3)CCOc2cncc(F)c2)C(=O)O)c1N. The first-order valence-corrected chi connectivity index (χ1v) is 13.7. The van der Waals surface area contributed by atoms with Gasteiger partial charge in [-0.2, -0.15) is 0 Å². The number of carboxylic acids is 1. The predicted octanol–water partition coefficient (Wildman–Crippen LogP) is 3.00. The second-order valence-electron chi connectivity index (χ2n) is 9.82. The zero-order valence-corrected chi connectivity index (χ0v) is 22.9. The smallest absolute Gasteiger partial charge is 0.326 e. The molecule has 0 bridgehead atoms. The van der Waals surface area contributed by atoms with Gasteiger partial charge in [-0.15, -0.1) is 0 Å². The quantitative estimate of drug-likeness (QED) is 0.127. The lowest BCUT2D eigenvalue weighted by atomic mass is 10.1. The number of nitrogen functional groups attached to an aromatic ring is 1. The van der Waals surface area contributed by atoms with E-state index < -0.39 is 17.8 Å². The number of unbranched alkanes of at least 4 members (excludes halogenated alkanes) is 1. The second-order valence-corrected chi connectivity index (χ2v) is 9.82. The number of halogens is 1. The standard InChI is InChI=1S/C28H36FN9O3/c29-20-14-22(17-32-16-20)41-13-12-38(10-2-1-5-21-7-6-19-4-3-9-33-26(19)36-21)11-8-23(28(39)40)37-27-25(31)24(15-30)34-18-35-27/h6-7,14-18,23,30H,1-5,8-13,31H2,(H,33,36)(H,39,40)(H,34,35,37)/t23-/m0/s1. The highest BCUT2D eigenvalue weighted by Crippen LogP contribution is 2.21. The fraction of sp³-hybridized carbons (Fsp3) is 0.429. The van der Waals surface area contributed by atoms with Crippen LogP contribution < -0.4 is 21.1 Å². The van der Waals surface area contributed by atoms with Crippen molar-refractivity contribution in [2.75, 3.05) is 49.2 Å². The Morgan fingerprint density at radius 1 is 1.27 bits per heavy atom. The van der Waals surface area contributed by atoms with Crippen LogP contribution in [-0.4, -0.2) is 81.0 Å². The van der Waals surface area contributed by atoms with Crippen molar-refractivity contribution in [3.05, 3.63) is 59.7 Å². The number of carbonyl (C=O) groups is 1. The number of hydrogen-bond donors (Lipinski definition) is 5. The molecule has 0 saturated carbocycles. The van der Waals surface area contributed by atoms with E-state index in [1.807, 2.05) is 0 Å². The number of rotatable bonds is 16. The van der Waals surface area contributed by atoms with Gasteiger partial charge < -0.3 is 31.6 Å². The minimum atomic E-state index is -1.05. The number of hydrogen-bond acceptors (Lipinski definition) is 11. The first kappa shape index (κ1) is 29.6. The average Bonchev–Trinajstić information content (AvgIpc) is 2.97. The van der Waals surface area contributed by atoms with E-state index in [1.54, 1.807) is 0 Å². The van der Waals surface area contributed by atoms with Crippen LogP contribution in [0.25, 0.3) is 0 Å². The lowest BCUT2D eigenvalue weighted by Crippen LogP contribution is -2.37. The molecule has 0 saturated heterocycles. The zero-order valence-electron chi connectivity index (χ0n) is 22.9. The molecule has 0 radical (unpaired) electrons. The van der Waals surface area contributed by atoms with Crippen molar-refractivity contribution in [3.63, 3.8) is 0 Å². The van der Waals surface area contributed by atoms with Crippen LogP contribution in [0.5, 0.6) is 5.75 Å². The van der Waals surface area contributed by atoms with E-state index in [0.29, 0.717) is 25.4 Å². The van der Waals surface area contributed by atoms with Gasteiger partial charge in [0, 0.05) is 37.6 Å². The van der Waals surface area contributed by atoms with Crippen LogP contribution in [0.2, 0.25) is 0 Å². The normalized spacial score (nSPS) is 13.2. The van der Waals surface area contributed by atoms with E-state index in [4.69, 9.17) is 20.9 Å². The van der Waals surface area contributed by atoms with Gasteiger partial charge in [0.05, 0.1) is 12.4 Å². The van der Waals surface area contributed by atoms with Crippen LogP contribution in [0.3, 0.4) is 0 Å². The molecule has 1 aliphatic heterocycles. The lowest BCUT2D eigenvalue weighted by Gasteiger charge is -2.25. The number of nitrogens with one attached hydrogen (secondary N) is 3. The molecular formula is C28H36FN9O3. The summed E-state index contributed by atoms with van der Waals surface area (Å²) in [6.45, 7) is 2.92. The van der Waals surface area contributed by atoms with Gasteiger partial charge in [0.25, 0.3) is 0 Å². The molecule has 0 spiro atoms. The van der Waals surface area contributed by atoms with Crippen molar-refractivity contribution in [1.82, 2.24) is 24.8 Å². The van der Waals surface area contributed by atoms with E-state index in [0.717, 1.165) is 62.6 Å². The number of aryl methyl sites for hydroxylation is 2. The summed E-state index contributed by atoms with van der Waals surface area (Å²) in [5.41, 5.74) is 8.64. The number of ether oxygens (including phenoxy) is 1. The summed E-state index contributed by atoms with van der Waals surface area (Å²) in [5.74, 6) is -0.0251. The molecule has 12 nitrogen and oxygen atoms in total. The molecule has 41 heavy (non-hydrogen) atoms. The molecule has 0 unspecified atom stereocenters. The van der Waals surface area contributed by atoms with Gasteiger partial charge in [-0.1, -0.05) is 6.07 Å². The van der Waals surface area contributed by atoms with E-state index in [2.05, 4.69) is 42.6 Å². The molecule has 218 valence electrons. The number of nitrogens with zero attached hydrogens (tertiary/aromatic N) is 5. The number of nitrogens with two attached hydrogens (primary N) is 1. The summed E-state index contributed by atoms with van der Waals surface area (Å²) in [6, 6.07) is 4.56. The van der Waals surface area contributed by atoms with Gasteiger partial charge >= 0.3 is 5.97 Å². The van der Waals surface area contributed by atoms with Crippen LogP contribution in [-0.2, 0) is 17.6 Å². The summed E-state index contributed by atoms with van der Waals surface area (Å²) >= 11 is 0. The highest BCUT2D eigenvalue weighted by atomic mass is 19.1. The highest BCUT2D eigenvalue weighted by Gasteiger charge is 2.21. The molecule has 13 heteroatoms. The summed E-state index contributed by atoms with van der Waals surface area (Å²) in [6.07, 6.45) is 9.86.